The molecule has 0 spiro atoms. The number of nitrogens with zero attached hydrogens (tertiary/aromatic N) is 3. The Kier molecular flexibility index (Phi) is 17.2. The average molecular weight is 988 g/mol. The largest absolute Gasteiger partial charge is 0.495 e. The molecule has 9 atom stereocenters. The summed E-state index contributed by atoms with van der Waals surface area (Å²) in [7, 11) is 5.95. The van der Waals surface area contributed by atoms with E-state index in [1.165, 1.54) is 47.7 Å². The van der Waals surface area contributed by atoms with Gasteiger partial charge < -0.3 is 38.6 Å². The number of epoxide rings is 1. The first-order valence-electron chi connectivity index (χ1n) is 23.5. The fourth-order valence-electron chi connectivity index (χ4n) is 10.0. The van der Waals surface area contributed by atoms with E-state index >= 15 is 0 Å². The molecule has 4 aliphatic heterocycles. The van der Waals surface area contributed by atoms with Crippen molar-refractivity contribution in [1.29, 1.82) is 0 Å². The number of carbonyl (C=O) groups excluding carboxylic acids is 7. The van der Waals surface area contributed by atoms with Crippen molar-refractivity contribution in [2.75, 3.05) is 45.5 Å². The summed E-state index contributed by atoms with van der Waals surface area (Å²) in [6.45, 7) is 9.06. The molecule has 1 unspecified atom stereocenters. The van der Waals surface area contributed by atoms with Gasteiger partial charge in [-0.25, -0.2) is 9.59 Å². The zero-order valence-corrected chi connectivity index (χ0v) is 42.1. The quantitative estimate of drug-likeness (QED) is 0.141. The van der Waals surface area contributed by atoms with Crippen LogP contribution in [0.5, 0.6) is 5.75 Å². The van der Waals surface area contributed by atoms with Gasteiger partial charge in [0.1, 0.15) is 46.5 Å². The predicted molar refractivity (Wildman–Crippen MR) is 254 cm³/mol. The number of rotatable bonds is 13. The molecular weight excluding hydrogens is 920 g/mol. The SMILES string of the molecule is CC[C@@H](C(=O)O[C@H]1CC(=O)N(C)c2cc(cc(OC)c2Cl)C/C(C)=C/C=C/[C@@H](OC)[C@@]2(O)C[C@H](OC(=O)N2)[C@@H](C)[C@@H]2O[C@@]12C)N(C)C(=O)CCSC1CC(=O)N(CC2CCC(C(C)=O)CC2)C1=O. The van der Waals surface area contributed by atoms with Gasteiger partial charge in [-0.3, -0.25) is 34.2 Å². The van der Waals surface area contributed by atoms with Crippen molar-refractivity contribution < 1.29 is 62.4 Å². The van der Waals surface area contributed by atoms with Gasteiger partial charge in [0, 0.05) is 64.6 Å². The maximum absolute atomic E-state index is 14.4. The van der Waals surface area contributed by atoms with Crippen molar-refractivity contribution in [2.24, 2.45) is 17.8 Å². The maximum atomic E-state index is 14.4. The van der Waals surface area contributed by atoms with Crippen molar-refractivity contribution in [3.8, 4) is 5.75 Å². The molecule has 0 radical (unpaired) electrons. The summed E-state index contributed by atoms with van der Waals surface area (Å²) in [5, 5.41) is 14.0. The second kappa shape index (κ2) is 22.1. The minimum Gasteiger partial charge on any atom is -0.495 e. The molecule has 4 heterocycles. The van der Waals surface area contributed by atoms with Crippen LogP contribution in [-0.4, -0.2) is 144 Å². The van der Waals surface area contributed by atoms with Gasteiger partial charge in [-0.15, -0.1) is 11.8 Å². The zero-order valence-electron chi connectivity index (χ0n) is 40.5. The molecule has 5 aliphatic rings. The van der Waals surface area contributed by atoms with E-state index in [0.717, 1.165) is 36.8 Å². The number of imide groups is 1. The van der Waals surface area contributed by atoms with E-state index in [1.54, 1.807) is 59.0 Å². The average Bonchev–Trinajstić information content (AvgIpc) is 3.92. The first-order chi connectivity index (χ1) is 32.1. The summed E-state index contributed by atoms with van der Waals surface area (Å²) >= 11 is 8.06. The third-order valence-electron chi connectivity index (χ3n) is 14.4. The molecule has 0 aromatic heterocycles. The molecule has 5 amide bonds. The number of benzene rings is 1. The van der Waals surface area contributed by atoms with Crippen molar-refractivity contribution in [1.82, 2.24) is 15.1 Å². The van der Waals surface area contributed by atoms with E-state index in [1.807, 2.05) is 13.0 Å². The number of halogens is 1. The Morgan fingerprint density at radius 1 is 1.09 bits per heavy atom. The summed E-state index contributed by atoms with van der Waals surface area (Å²) in [4.78, 5) is 97.5. The summed E-state index contributed by atoms with van der Waals surface area (Å²) in [5.41, 5.74) is -1.12. The topological polar surface area (TPSA) is 211 Å². The molecule has 1 aromatic rings. The number of anilines is 1. The Balaban J connectivity index is 1.18. The Hall–Kier alpha value is -4.49. The molecule has 1 saturated carbocycles. The highest BCUT2D eigenvalue weighted by Gasteiger charge is 2.64. The highest BCUT2D eigenvalue weighted by atomic mass is 35.5. The lowest BCUT2D eigenvalue weighted by Crippen LogP contribution is -2.63. The molecule has 4 bridgehead atoms. The number of ether oxygens (including phenoxy) is 5. The lowest BCUT2D eigenvalue weighted by molar-refractivity contribution is -0.162. The van der Waals surface area contributed by atoms with E-state index in [9.17, 15) is 38.7 Å². The summed E-state index contributed by atoms with van der Waals surface area (Å²) in [6, 6.07) is 2.49. The minimum atomic E-state index is -1.87. The van der Waals surface area contributed by atoms with Crippen molar-refractivity contribution in [3.05, 3.63) is 46.5 Å². The number of alkyl carbamates (subject to hydrolysis) is 1. The van der Waals surface area contributed by atoms with Crippen molar-refractivity contribution in [2.45, 2.75) is 146 Å². The van der Waals surface area contributed by atoms with Gasteiger partial charge in [-0.05, 0) is 82.9 Å². The number of aliphatic hydroxyl groups is 1. The van der Waals surface area contributed by atoms with Crippen LogP contribution in [0.15, 0.2) is 35.9 Å². The molecule has 2 N–H and O–H groups in total. The molecule has 1 aliphatic carbocycles. The van der Waals surface area contributed by atoms with Crippen LogP contribution in [0.3, 0.4) is 0 Å². The van der Waals surface area contributed by atoms with Gasteiger partial charge in [0.15, 0.2) is 5.72 Å². The molecule has 19 heteroatoms. The molecule has 17 nitrogen and oxygen atoms in total. The van der Waals surface area contributed by atoms with Crippen LogP contribution < -0.4 is 15.0 Å². The van der Waals surface area contributed by atoms with Crippen LogP contribution in [-0.2, 0) is 54.1 Å². The van der Waals surface area contributed by atoms with Crippen LogP contribution in [0.25, 0.3) is 0 Å². The van der Waals surface area contributed by atoms with E-state index in [0.29, 0.717) is 24.4 Å². The monoisotopic (exact) mass is 986 g/mol. The Morgan fingerprint density at radius 3 is 2.44 bits per heavy atom. The predicted octanol–water partition coefficient (Wildman–Crippen LogP) is 5.55. The third kappa shape index (κ3) is 11.7. The molecule has 6 rings (SSSR count). The number of thioether (sulfide) groups is 1. The lowest BCUT2D eigenvalue weighted by Gasteiger charge is -2.42. The van der Waals surface area contributed by atoms with Crippen molar-refractivity contribution >= 4 is 70.5 Å². The molecule has 68 heavy (non-hydrogen) atoms. The Labute approximate surface area is 407 Å². The number of fused-ring (bicyclic) bond motifs is 5. The highest BCUT2D eigenvalue weighted by Crippen LogP contribution is 2.49. The van der Waals surface area contributed by atoms with Gasteiger partial charge >= 0.3 is 12.1 Å². The van der Waals surface area contributed by atoms with Crippen LogP contribution in [0, 0.1) is 17.8 Å². The van der Waals surface area contributed by atoms with Gasteiger partial charge in [0.2, 0.25) is 23.6 Å². The zero-order chi connectivity index (χ0) is 49.8. The standard InChI is InChI=1S/C49H67ClN4O13S/c1-10-33(52(6)40(56)18-19-68-37-23-42(58)54(45(37)59)26-30-14-16-32(17-15-30)29(4)55)46(60)66-39-24-41(57)53(7)34-21-31(22-35(63-8)43(34)50)20-27(2)12-11-13-38(64-9)49(62)25-36(65-47(61)51-49)28(3)44-48(39,5)67-44/h11-13,21-22,28,30,32-33,36-39,44,62H,10,14-20,23-26H2,1-9H3,(H,51,61)/b13-11+,27-12+/t28-,30?,32?,33+,36+,37?,38-,39+,44+,48+,49+/m1/s1. The van der Waals surface area contributed by atoms with Crippen LogP contribution in [0.2, 0.25) is 5.02 Å². The number of likely N-dealkylation sites (tertiary alicyclic amines) is 1. The van der Waals surface area contributed by atoms with Gasteiger partial charge in [0.25, 0.3) is 0 Å². The fraction of sp³-hybridized carbons (Fsp3) is 0.653. The van der Waals surface area contributed by atoms with Gasteiger partial charge in [-0.1, -0.05) is 49.2 Å². The van der Waals surface area contributed by atoms with Crippen LogP contribution >= 0.6 is 23.4 Å². The second-order valence-electron chi connectivity index (χ2n) is 19.1. The number of ketones is 1. The number of likely N-dealkylation sites (N-methyl/N-ethyl adjacent to an activating group) is 1. The number of Topliss-reactive ketones (excluding diaryl/α,β-unsaturated/α-hetero) is 1. The summed E-state index contributed by atoms with van der Waals surface area (Å²) in [6.07, 6.45) is 3.79. The lowest BCUT2D eigenvalue weighted by atomic mass is 9.80. The molecule has 3 saturated heterocycles. The van der Waals surface area contributed by atoms with E-state index < -0.39 is 70.9 Å². The smallest absolute Gasteiger partial charge is 0.409 e. The molecule has 4 fully saturated rings. The van der Waals surface area contributed by atoms with Crippen LogP contribution in [0.1, 0.15) is 98.0 Å². The summed E-state index contributed by atoms with van der Waals surface area (Å²) in [5.74, 6) is -1.78. The number of carbonyl (C=O) groups is 7. The fourth-order valence-corrected chi connectivity index (χ4v) is 11.5. The van der Waals surface area contributed by atoms with Crippen molar-refractivity contribution in [3.63, 3.8) is 0 Å². The highest BCUT2D eigenvalue weighted by molar-refractivity contribution is 8.00. The number of methoxy groups -OCH3 is 2. The second-order valence-corrected chi connectivity index (χ2v) is 20.8. The number of allylic oxidation sites excluding steroid dienone is 3. The normalized spacial score (nSPS) is 32.8. The maximum Gasteiger partial charge on any atom is 0.409 e. The first kappa shape index (κ1) is 52.9. The van der Waals surface area contributed by atoms with E-state index in [4.69, 9.17) is 35.3 Å². The van der Waals surface area contributed by atoms with Gasteiger partial charge in [0.05, 0.1) is 30.6 Å². The Bertz CT molecular complexity index is 2180. The number of amides is 5. The minimum absolute atomic E-state index is 0.0231. The number of nitrogens with one attached hydrogen (secondary N) is 1. The van der Waals surface area contributed by atoms with E-state index in [-0.39, 0.29) is 78.2 Å². The number of hydrogen-bond donors (Lipinski definition) is 2. The van der Waals surface area contributed by atoms with Crippen LogP contribution in [0.4, 0.5) is 10.5 Å². The van der Waals surface area contributed by atoms with Gasteiger partial charge in [-0.2, -0.15) is 0 Å². The Morgan fingerprint density at radius 2 is 1.79 bits per heavy atom. The number of hydrogen-bond acceptors (Lipinski definition) is 14. The first-order valence-corrected chi connectivity index (χ1v) is 24.9. The third-order valence-corrected chi connectivity index (χ3v) is 16.0. The van der Waals surface area contributed by atoms with E-state index in [2.05, 4.69) is 5.32 Å². The number of esters is 1. The molecule has 1 aromatic carbocycles. The molecular formula is C49H67ClN4O13S. The summed E-state index contributed by atoms with van der Waals surface area (Å²) < 4.78 is 29.6. The molecule has 374 valence electrons.